The lowest BCUT2D eigenvalue weighted by atomic mass is 9.35. The first kappa shape index (κ1) is 40.4. The minimum absolute atomic E-state index is 0.0221. The van der Waals surface area contributed by atoms with E-state index in [-0.39, 0.29) is 46.2 Å². The summed E-state index contributed by atoms with van der Waals surface area (Å²) in [5, 5.41) is 12.8. The number of esters is 1. The topological polar surface area (TPSA) is 119 Å². The SMILES string of the molecule is CCC(CC[C@@]1(C)C(CC)CC[C@]2(C)C1CC[C@@H]1C3=C(C(C)C)C(=O)C[C@]3(NC(=O)OC(C)(C)C)CC[C@]12C)COC(=O)CC(C)(C)C(=O)O. The number of alkyl carbamates (subject to hydrolysis) is 1. The van der Waals surface area contributed by atoms with Crippen molar-refractivity contribution in [2.24, 2.45) is 51.2 Å². The second-order valence-corrected chi connectivity index (χ2v) is 19.3. The molecule has 0 bridgehead atoms. The summed E-state index contributed by atoms with van der Waals surface area (Å²) in [6.45, 7) is 25.4. The van der Waals surface area contributed by atoms with Gasteiger partial charge in [-0.15, -0.1) is 0 Å². The van der Waals surface area contributed by atoms with E-state index in [4.69, 9.17) is 9.47 Å². The highest BCUT2D eigenvalue weighted by Gasteiger charge is 2.68. The average molecular weight is 700 g/mol. The molecule has 8 atom stereocenters. The normalized spacial score (nSPS) is 34.8. The maximum atomic E-state index is 13.8. The third kappa shape index (κ3) is 7.29. The third-order valence-corrected chi connectivity index (χ3v) is 14.4. The summed E-state index contributed by atoms with van der Waals surface area (Å²) in [5.41, 5.74) is -0.154. The number of ketones is 1. The van der Waals surface area contributed by atoms with E-state index in [1.54, 1.807) is 13.8 Å². The summed E-state index contributed by atoms with van der Waals surface area (Å²) >= 11 is 0. The first-order valence-corrected chi connectivity index (χ1v) is 19.7. The lowest BCUT2D eigenvalue weighted by molar-refractivity contribution is -0.185. The quantitative estimate of drug-likeness (QED) is 0.195. The van der Waals surface area contributed by atoms with Crippen LogP contribution in [-0.2, 0) is 23.9 Å². The number of carbonyl (C=O) groups excluding carboxylic acids is 3. The van der Waals surface area contributed by atoms with Crippen LogP contribution in [0.2, 0.25) is 0 Å². The van der Waals surface area contributed by atoms with Gasteiger partial charge in [-0.3, -0.25) is 14.4 Å². The summed E-state index contributed by atoms with van der Waals surface area (Å²) in [7, 11) is 0. The van der Waals surface area contributed by atoms with Crippen LogP contribution < -0.4 is 5.32 Å². The zero-order chi connectivity index (χ0) is 37.7. The lowest BCUT2D eigenvalue weighted by Gasteiger charge is -2.69. The molecule has 0 radical (unpaired) electrons. The molecule has 3 unspecified atom stereocenters. The molecule has 2 N–H and O–H groups in total. The zero-order valence-corrected chi connectivity index (χ0v) is 33.5. The van der Waals surface area contributed by atoms with Crippen LogP contribution in [0.25, 0.3) is 0 Å². The van der Waals surface area contributed by atoms with Crippen molar-refractivity contribution in [3.05, 3.63) is 11.1 Å². The Bertz CT molecular complexity index is 1360. The average Bonchev–Trinajstić information content (AvgIpc) is 3.28. The largest absolute Gasteiger partial charge is 0.481 e. The van der Waals surface area contributed by atoms with Gasteiger partial charge < -0.3 is 19.9 Å². The predicted octanol–water partition coefficient (Wildman–Crippen LogP) is 9.68. The van der Waals surface area contributed by atoms with Crippen LogP contribution in [0.3, 0.4) is 0 Å². The molecular weight excluding hydrogens is 630 g/mol. The summed E-state index contributed by atoms with van der Waals surface area (Å²) in [4.78, 5) is 51.3. The molecule has 3 fully saturated rings. The standard InChI is InChI=1S/C42H69NO7/c1-13-27(25-49-32(45)24-38(8,9)35(46)47)17-19-39(10)28(14-2)18-20-41(12)31(39)16-15-29-34-33(26(3)4)30(44)23-42(34,22-21-40(29,41)11)43-36(48)50-37(5,6)7/h26-29,31H,13-25H2,1-12H3,(H,43,48)(H,46,47)/t27?,28?,29-,31?,39+,40-,41-,42-/m1/s1. The molecule has 50 heavy (non-hydrogen) atoms. The molecule has 0 heterocycles. The van der Waals surface area contributed by atoms with E-state index in [2.05, 4.69) is 53.8 Å². The van der Waals surface area contributed by atoms with E-state index in [0.717, 1.165) is 63.4 Å². The number of nitrogens with one attached hydrogen (secondary N) is 1. The van der Waals surface area contributed by atoms with E-state index in [1.165, 1.54) is 12.0 Å². The van der Waals surface area contributed by atoms with Gasteiger partial charge >= 0.3 is 18.0 Å². The Kier molecular flexibility index (Phi) is 11.5. The molecule has 0 spiro atoms. The molecule has 8 nitrogen and oxygen atoms in total. The van der Waals surface area contributed by atoms with Crippen molar-refractivity contribution in [2.75, 3.05) is 6.61 Å². The monoisotopic (exact) mass is 700 g/mol. The number of amides is 1. The highest BCUT2D eigenvalue weighted by atomic mass is 16.6. The van der Waals surface area contributed by atoms with Crippen LogP contribution in [0.15, 0.2) is 11.1 Å². The van der Waals surface area contributed by atoms with Crippen molar-refractivity contribution in [3.63, 3.8) is 0 Å². The van der Waals surface area contributed by atoms with Crippen molar-refractivity contribution in [1.82, 2.24) is 5.32 Å². The molecule has 3 saturated carbocycles. The summed E-state index contributed by atoms with van der Waals surface area (Å²) in [5.74, 6) is 0.382. The van der Waals surface area contributed by atoms with E-state index in [1.807, 2.05) is 20.8 Å². The molecule has 284 valence electrons. The highest BCUT2D eigenvalue weighted by Crippen LogP contribution is 2.74. The molecule has 0 aromatic rings. The first-order chi connectivity index (χ1) is 23.0. The number of hydrogen-bond acceptors (Lipinski definition) is 6. The molecule has 8 heteroatoms. The minimum Gasteiger partial charge on any atom is -0.481 e. The molecular formula is C42H69NO7. The number of hydrogen-bond donors (Lipinski definition) is 2. The summed E-state index contributed by atoms with van der Waals surface area (Å²) in [6.07, 6.45) is 9.95. The Morgan fingerprint density at radius 1 is 0.960 bits per heavy atom. The number of allylic oxidation sites excluding steroid dienone is 1. The molecule has 4 rings (SSSR count). The van der Waals surface area contributed by atoms with E-state index < -0.39 is 34.6 Å². The number of ether oxygens (including phenoxy) is 2. The number of carbonyl (C=O) groups is 4. The van der Waals surface area contributed by atoms with Crippen LogP contribution in [0.5, 0.6) is 0 Å². The van der Waals surface area contributed by atoms with Gasteiger partial charge in [-0.2, -0.15) is 0 Å². The second-order valence-electron chi connectivity index (χ2n) is 19.3. The van der Waals surface area contributed by atoms with Crippen molar-refractivity contribution < 1.29 is 33.8 Å². The van der Waals surface area contributed by atoms with E-state index >= 15 is 0 Å². The fourth-order valence-corrected chi connectivity index (χ4v) is 11.4. The Labute approximate surface area is 302 Å². The Hall–Kier alpha value is -2.38. The first-order valence-electron chi connectivity index (χ1n) is 19.7. The van der Waals surface area contributed by atoms with E-state index in [0.29, 0.717) is 24.9 Å². The van der Waals surface area contributed by atoms with Gasteiger partial charge in [0.1, 0.15) is 5.60 Å². The Balaban J connectivity index is 1.61. The fraction of sp³-hybridized carbons (Fsp3) is 0.857. The van der Waals surface area contributed by atoms with Gasteiger partial charge in [-0.1, -0.05) is 61.3 Å². The van der Waals surface area contributed by atoms with Crippen molar-refractivity contribution >= 4 is 23.8 Å². The second kappa shape index (κ2) is 14.2. The van der Waals surface area contributed by atoms with Gasteiger partial charge in [0.15, 0.2) is 5.78 Å². The van der Waals surface area contributed by atoms with Gasteiger partial charge in [0, 0.05) is 6.42 Å². The maximum Gasteiger partial charge on any atom is 0.408 e. The number of aliphatic carboxylic acids is 1. The van der Waals surface area contributed by atoms with Gasteiger partial charge in [-0.05, 0) is 143 Å². The number of carboxylic acids is 1. The fourth-order valence-electron chi connectivity index (χ4n) is 11.4. The number of Topliss-reactive ketones (excluding diaryl/α,β-unsaturated/α-hetero) is 1. The lowest BCUT2D eigenvalue weighted by Crippen LogP contribution is -2.65. The highest BCUT2D eigenvalue weighted by molar-refractivity contribution is 6.02. The smallest absolute Gasteiger partial charge is 0.408 e. The maximum absolute atomic E-state index is 13.8. The van der Waals surface area contributed by atoms with Gasteiger partial charge in [0.25, 0.3) is 0 Å². The zero-order valence-electron chi connectivity index (χ0n) is 33.5. The van der Waals surface area contributed by atoms with Crippen molar-refractivity contribution in [3.8, 4) is 0 Å². The Morgan fingerprint density at radius 3 is 2.18 bits per heavy atom. The van der Waals surface area contributed by atoms with Gasteiger partial charge in [-0.25, -0.2) is 4.79 Å². The number of fused-ring (bicyclic) bond motifs is 5. The van der Waals surface area contributed by atoms with Gasteiger partial charge in [0.05, 0.1) is 24.0 Å². The van der Waals surface area contributed by atoms with Crippen LogP contribution in [0.1, 0.15) is 160 Å². The van der Waals surface area contributed by atoms with E-state index in [9.17, 15) is 24.3 Å². The third-order valence-electron chi connectivity index (χ3n) is 14.4. The molecule has 1 amide bonds. The van der Waals surface area contributed by atoms with Gasteiger partial charge in [0.2, 0.25) is 0 Å². The van der Waals surface area contributed by atoms with Crippen LogP contribution in [-0.4, -0.2) is 46.7 Å². The number of rotatable bonds is 12. The minimum atomic E-state index is -1.15. The molecule has 4 aliphatic rings. The van der Waals surface area contributed by atoms with Crippen molar-refractivity contribution in [1.29, 1.82) is 0 Å². The molecule has 0 saturated heterocycles. The Morgan fingerprint density at radius 2 is 1.62 bits per heavy atom. The molecule has 0 aromatic heterocycles. The molecule has 4 aliphatic carbocycles. The van der Waals surface area contributed by atoms with Crippen LogP contribution >= 0.6 is 0 Å². The molecule has 0 aromatic carbocycles. The van der Waals surface area contributed by atoms with Crippen LogP contribution in [0, 0.1) is 51.2 Å². The summed E-state index contributed by atoms with van der Waals surface area (Å²) in [6, 6.07) is 0. The van der Waals surface area contributed by atoms with Crippen LogP contribution in [0.4, 0.5) is 4.79 Å². The predicted molar refractivity (Wildman–Crippen MR) is 196 cm³/mol. The molecule has 0 aliphatic heterocycles. The van der Waals surface area contributed by atoms with Crippen molar-refractivity contribution in [2.45, 2.75) is 171 Å². The summed E-state index contributed by atoms with van der Waals surface area (Å²) < 4.78 is 11.5. The number of carboxylic acid groups (broad SMARTS) is 1.